The van der Waals surface area contributed by atoms with Gasteiger partial charge in [-0.25, -0.2) is 4.39 Å². The fraction of sp³-hybridized carbons (Fsp3) is 0.417. The zero-order chi connectivity index (χ0) is 12.1. The van der Waals surface area contributed by atoms with Gasteiger partial charge < -0.3 is 10.1 Å². The molecule has 0 aromatic heterocycles. The summed E-state index contributed by atoms with van der Waals surface area (Å²) in [5.74, 6) is -0.278. The Kier molecular flexibility index (Phi) is 4.90. The van der Waals surface area contributed by atoms with Gasteiger partial charge in [0.2, 0.25) is 0 Å². The number of carbonyl (C=O) groups is 1. The van der Waals surface area contributed by atoms with Crippen molar-refractivity contribution in [1.82, 2.24) is 5.32 Å². The smallest absolute Gasteiger partial charge is 0.141 e. The molecule has 0 aliphatic carbocycles. The minimum atomic E-state index is -0.424. The number of benzene rings is 1. The third-order valence-electron chi connectivity index (χ3n) is 2.48. The summed E-state index contributed by atoms with van der Waals surface area (Å²) in [6, 6.07) is 4.65. The van der Waals surface area contributed by atoms with Crippen molar-refractivity contribution in [2.75, 3.05) is 7.05 Å². The van der Waals surface area contributed by atoms with Gasteiger partial charge in [0.25, 0.3) is 0 Å². The van der Waals surface area contributed by atoms with Crippen molar-refractivity contribution in [3.8, 4) is 0 Å². The van der Waals surface area contributed by atoms with Crippen LogP contribution in [0, 0.1) is 5.82 Å². The molecule has 0 amide bonds. The number of hydrogen-bond acceptors (Lipinski definition) is 2. The van der Waals surface area contributed by atoms with Crippen LogP contribution in [0.25, 0.3) is 0 Å². The van der Waals surface area contributed by atoms with Gasteiger partial charge in [0.05, 0.1) is 5.02 Å². The largest absolute Gasteiger partial charge is 0.313 e. The lowest BCUT2D eigenvalue weighted by atomic mass is 10.0. The lowest BCUT2D eigenvalue weighted by molar-refractivity contribution is -0.117. The Labute approximate surface area is 99.8 Å². The highest BCUT2D eigenvalue weighted by atomic mass is 35.5. The Hall–Kier alpha value is -0.930. The number of Topliss-reactive ketones (excluding diaryl/α,β-unsaturated/α-hetero) is 1. The van der Waals surface area contributed by atoms with Crippen LogP contribution < -0.4 is 5.32 Å². The van der Waals surface area contributed by atoms with Crippen LogP contribution in [0.4, 0.5) is 4.39 Å². The molecule has 2 nitrogen and oxygen atoms in total. The number of nitrogens with one attached hydrogen (secondary N) is 1. The maximum atomic E-state index is 13.0. The van der Waals surface area contributed by atoms with Gasteiger partial charge in [0.15, 0.2) is 0 Å². The average Bonchev–Trinajstić information content (AvgIpc) is 2.23. The van der Waals surface area contributed by atoms with Crippen molar-refractivity contribution >= 4 is 17.4 Å². The van der Waals surface area contributed by atoms with Crippen LogP contribution in [0.15, 0.2) is 18.2 Å². The molecule has 1 aromatic carbocycles. The molecule has 0 fully saturated rings. The van der Waals surface area contributed by atoms with Crippen LogP contribution in [0.5, 0.6) is 0 Å². The van der Waals surface area contributed by atoms with Gasteiger partial charge in [-0.1, -0.05) is 17.7 Å². The lowest BCUT2D eigenvalue weighted by Gasteiger charge is -2.16. The summed E-state index contributed by atoms with van der Waals surface area (Å²) in [7, 11) is 1.81. The van der Waals surface area contributed by atoms with E-state index in [2.05, 4.69) is 5.32 Å². The van der Waals surface area contributed by atoms with Crippen LogP contribution >= 0.6 is 11.6 Å². The van der Waals surface area contributed by atoms with E-state index in [-0.39, 0.29) is 16.8 Å². The summed E-state index contributed by atoms with van der Waals surface area (Å²) in [5, 5.41) is 3.20. The van der Waals surface area contributed by atoms with E-state index in [1.54, 1.807) is 19.1 Å². The van der Waals surface area contributed by atoms with Crippen molar-refractivity contribution in [3.05, 3.63) is 34.6 Å². The van der Waals surface area contributed by atoms with Crippen LogP contribution in [0.3, 0.4) is 0 Å². The van der Waals surface area contributed by atoms with Gasteiger partial charge in [-0.2, -0.15) is 0 Å². The molecular formula is C12H15ClFNO. The molecule has 0 spiro atoms. The fourth-order valence-corrected chi connectivity index (χ4v) is 1.74. The molecule has 0 saturated heterocycles. The van der Waals surface area contributed by atoms with E-state index in [9.17, 15) is 9.18 Å². The first kappa shape index (κ1) is 13.1. The number of ketones is 1. The van der Waals surface area contributed by atoms with Crippen molar-refractivity contribution in [1.29, 1.82) is 0 Å². The summed E-state index contributed by atoms with van der Waals surface area (Å²) < 4.78 is 13.0. The Morgan fingerprint density at radius 1 is 1.56 bits per heavy atom. The quantitative estimate of drug-likeness (QED) is 0.861. The second-order valence-electron chi connectivity index (χ2n) is 3.76. The first-order chi connectivity index (χ1) is 7.54. The second-order valence-corrected chi connectivity index (χ2v) is 4.16. The van der Waals surface area contributed by atoms with E-state index in [0.717, 1.165) is 5.56 Å². The minimum absolute atomic E-state index is 0.0296. The third kappa shape index (κ3) is 3.58. The maximum absolute atomic E-state index is 13.0. The third-order valence-corrected chi connectivity index (χ3v) is 2.77. The molecule has 0 aliphatic heterocycles. The van der Waals surface area contributed by atoms with Crippen LogP contribution in [0.1, 0.15) is 31.4 Å². The van der Waals surface area contributed by atoms with Gasteiger partial charge in [0.1, 0.15) is 11.6 Å². The zero-order valence-corrected chi connectivity index (χ0v) is 10.1. The fourth-order valence-electron chi connectivity index (χ4n) is 1.55. The molecule has 1 aromatic rings. The van der Waals surface area contributed by atoms with Gasteiger partial charge in [-0.15, -0.1) is 0 Å². The summed E-state index contributed by atoms with van der Waals surface area (Å²) in [4.78, 5) is 10.9. The van der Waals surface area contributed by atoms with E-state index in [1.165, 1.54) is 6.07 Å². The normalized spacial score (nSPS) is 12.5. The highest BCUT2D eigenvalue weighted by molar-refractivity contribution is 6.30. The molecule has 88 valence electrons. The summed E-state index contributed by atoms with van der Waals surface area (Å²) in [6.07, 6.45) is 1.19. The highest BCUT2D eigenvalue weighted by Crippen LogP contribution is 2.23. The Balaban J connectivity index is 2.78. The first-order valence-electron chi connectivity index (χ1n) is 5.16. The van der Waals surface area contributed by atoms with E-state index in [1.807, 2.05) is 7.05 Å². The van der Waals surface area contributed by atoms with E-state index in [4.69, 9.17) is 11.6 Å². The molecule has 1 N–H and O–H groups in total. The van der Waals surface area contributed by atoms with Crippen molar-refractivity contribution in [2.45, 2.75) is 25.8 Å². The first-order valence-corrected chi connectivity index (χ1v) is 5.54. The second kappa shape index (κ2) is 5.97. The molecule has 0 radical (unpaired) electrons. The molecular weight excluding hydrogens is 229 g/mol. The SMILES string of the molecule is CNC(CCC(C)=O)c1ccc(F)c(Cl)c1. The Bertz CT molecular complexity index is 381. The lowest BCUT2D eigenvalue weighted by Crippen LogP contribution is -2.17. The van der Waals surface area contributed by atoms with Crippen molar-refractivity contribution in [2.24, 2.45) is 0 Å². The number of carbonyl (C=O) groups excluding carboxylic acids is 1. The average molecular weight is 244 g/mol. The Morgan fingerprint density at radius 2 is 2.25 bits per heavy atom. The van der Waals surface area contributed by atoms with Gasteiger partial charge in [0, 0.05) is 12.5 Å². The van der Waals surface area contributed by atoms with Crippen molar-refractivity contribution in [3.63, 3.8) is 0 Å². The molecule has 16 heavy (non-hydrogen) atoms. The monoisotopic (exact) mass is 243 g/mol. The summed E-state index contributed by atoms with van der Waals surface area (Å²) in [6.45, 7) is 1.56. The molecule has 1 unspecified atom stereocenters. The molecule has 1 atom stereocenters. The van der Waals surface area contributed by atoms with E-state index >= 15 is 0 Å². The predicted molar refractivity (Wildman–Crippen MR) is 63.1 cm³/mol. The van der Waals surface area contributed by atoms with Gasteiger partial charge in [-0.05, 0) is 38.1 Å². The van der Waals surface area contributed by atoms with Crippen LogP contribution in [0.2, 0.25) is 5.02 Å². The zero-order valence-electron chi connectivity index (χ0n) is 9.39. The van der Waals surface area contributed by atoms with Crippen LogP contribution in [-0.4, -0.2) is 12.8 Å². The minimum Gasteiger partial charge on any atom is -0.313 e. The molecule has 0 heterocycles. The number of rotatable bonds is 5. The maximum Gasteiger partial charge on any atom is 0.141 e. The number of halogens is 2. The molecule has 0 aliphatic rings. The van der Waals surface area contributed by atoms with E-state index < -0.39 is 5.82 Å². The summed E-state index contributed by atoms with van der Waals surface area (Å²) in [5.41, 5.74) is 0.898. The Morgan fingerprint density at radius 3 is 2.75 bits per heavy atom. The molecule has 0 bridgehead atoms. The topological polar surface area (TPSA) is 29.1 Å². The molecule has 0 saturated carbocycles. The number of hydrogen-bond donors (Lipinski definition) is 1. The van der Waals surface area contributed by atoms with Crippen molar-refractivity contribution < 1.29 is 9.18 Å². The highest BCUT2D eigenvalue weighted by Gasteiger charge is 2.11. The molecule has 1 rings (SSSR count). The van der Waals surface area contributed by atoms with Gasteiger partial charge in [-0.3, -0.25) is 0 Å². The van der Waals surface area contributed by atoms with Crippen LogP contribution in [-0.2, 0) is 4.79 Å². The summed E-state index contributed by atoms with van der Waals surface area (Å²) >= 11 is 5.71. The van der Waals surface area contributed by atoms with E-state index in [0.29, 0.717) is 12.8 Å². The molecule has 4 heteroatoms. The standard InChI is InChI=1S/C12H15ClFNO/c1-8(16)3-6-12(15-2)9-4-5-11(14)10(13)7-9/h4-5,7,12,15H,3,6H2,1-2H3. The predicted octanol–water partition coefficient (Wildman–Crippen LogP) is 3.11. The van der Waals surface area contributed by atoms with Gasteiger partial charge >= 0.3 is 0 Å².